The number of rotatable bonds is 3. The van der Waals surface area contributed by atoms with E-state index < -0.39 is 0 Å². The van der Waals surface area contributed by atoms with E-state index in [0.717, 1.165) is 5.82 Å². The molecule has 0 saturated heterocycles. The zero-order chi connectivity index (χ0) is 13.8. The van der Waals surface area contributed by atoms with Crippen LogP contribution in [0, 0.1) is 0 Å². The normalized spacial score (nSPS) is 17.1. The molecule has 0 amide bonds. The van der Waals surface area contributed by atoms with Crippen molar-refractivity contribution in [2.75, 3.05) is 17.4 Å². The first-order valence-corrected chi connectivity index (χ1v) is 7.44. The van der Waals surface area contributed by atoms with E-state index in [0.29, 0.717) is 21.9 Å². The maximum absolute atomic E-state index is 6.26. The summed E-state index contributed by atoms with van der Waals surface area (Å²) in [5, 5.41) is 1.00. The van der Waals surface area contributed by atoms with Gasteiger partial charge in [0.1, 0.15) is 5.82 Å². The van der Waals surface area contributed by atoms with E-state index in [4.69, 9.17) is 29.0 Å². The highest BCUT2D eigenvalue weighted by Gasteiger charge is 2.21. The molecule has 1 saturated carbocycles. The van der Waals surface area contributed by atoms with Crippen LogP contribution in [-0.2, 0) is 0 Å². The maximum Gasteiger partial charge on any atom is 0.161 e. The maximum atomic E-state index is 6.26. The first-order valence-electron chi connectivity index (χ1n) is 6.69. The summed E-state index contributed by atoms with van der Waals surface area (Å²) in [6, 6.07) is 2.17. The topological polar surface area (TPSA) is 54.2 Å². The molecular formula is C13H20Cl2N4. The number of hydrogen-bond donors (Lipinski definition) is 2. The van der Waals surface area contributed by atoms with Gasteiger partial charge in [-0.3, -0.25) is 0 Å². The summed E-state index contributed by atoms with van der Waals surface area (Å²) in [4.78, 5) is 6.58. The Labute approximate surface area is 124 Å². The minimum Gasteiger partial charge on any atom is -0.355 e. The Bertz CT molecular complexity index is 431. The van der Waals surface area contributed by atoms with Gasteiger partial charge in [0.2, 0.25) is 0 Å². The fourth-order valence-electron chi connectivity index (χ4n) is 2.62. The van der Waals surface area contributed by atoms with Crippen LogP contribution in [0.25, 0.3) is 0 Å². The Kier molecular flexibility index (Phi) is 5.13. The second kappa shape index (κ2) is 6.64. The molecule has 1 aromatic heterocycles. The minimum atomic E-state index is 0.436. The number of pyridine rings is 1. The molecule has 4 nitrogen and oxygen atoms in total. The quantitative estimate of drug-likeness (QED) is 0.506. The number of hydrogen-bond acceptors (Lipinski definition) is 4. The molecule has 0 aromatic carbocycles. The van der Waals surface area contributed by atoms with Crippen molar-refractivity contribution in [3.8, 4) is 0 Å². The third-order valence-corrected chi connectivity index (χ3v) is 4.32. The Balaban J connectivity index is 2.24. The number of nitrogens with two attached hydrogens (primary N) is 1. The lowest BCUT2D eigenvalue weighted by molar-refractivity contribution is 0.549. The van der Waals surface area contributed by atoms with Gasteiger partial charge in [-0.25, -0.2) is 10.8 Å². The van der Waals surface area contributed by atoms with Crippen molar-refractivity contribution >= 4 is 34.8 Å². The molecule has 19 heavy (non-hydrogen) atoms. The van der Waals surface area contributed by atoms with Crippen molar-refractivity contribution in [3.05, 3.63) is 16.1 Å². The first-order chi connectivity index (χ1) is 9.13. The van der Waals surface area contributed by atoms with Gasteiger partial charge in [-0.15, -0.1) is 0 Å². The highest BCUT2D eigenvalue weighted by Crippen LogP contribution is 2.33. The van der Waals surface area contributed by atoms with Crippen molar-refractivity contribution in [2.45, 2.75) is 44.6 Å². The predicted molar refractivity (Wildman–Crippen MR) is 82.0 cm³/mol. The van der Waals surface area contributed by atoms with Crippen molar-refractivity contribution in [1.29, 1.82) is 0 Å². The van der Waals surface area contributed by atoms with Crippen LogP contribution < -0.4 is 16.2 Å². The number of nitrogens with one attached hydrogen (secondary N) is 1. The molecule has 1 aliphatic carbocycles. The molecule has 6 heteroatoms. The standard InChI is InChI=1S/C13H20Cl2N4/c1-19(9-6-4-2-3-5-7-9)13-11(15)8-10(14)12(17-13)18-16/h8-9H,2-7,16H2,1H3,(H,17,18). The van der Waals surface area contributed by atoms with Crippen LogP contribution in [0.2, 0.25) is 10.0 Å². The minimum absolute atomic E-state index is 0.436. The number of anilines is 2. The molecule has 0 spiro atoms. The zero-order valence-electron chi connectivity index (χ0n) is 11.1. The lowest BCUT2D eigenvalue weighted by atomic mass is 10.1. The SMILES string of the molecule is CN(c1nc(NN)c(Cl)cc1Cl)C1CCCCCC1. The molecule has 0 radical (unpaired) electrons. The van der Waals surface area contributed by atoms with Crippen LogP contribution in [0.3, 0.4) is 0 Å². The molecule has 1 fully saturated rings. The lowest BCUT2D eigenvalue weighted by Gasteiger charge is -2.29. The highest BCUT2D eigenvalue weighted by molar-refractivity contribution is 6.37. The molecular weight excluding hydrogens is 283 g/mol. The fourth-order valence-corrected chi connectivity index (χ4v) is 3.17. The Morgan fingerprint density at radius 2 is 1.84 bits per heavy atom. The summed E-state index contributed by atoms with van der Waals surface area (Å²) in [6.07, 6.45) is 7.54. The van der Waals surface area contributed by atoms with Gasteiger partial charge in [0.05, 0.1) is 10.0 Å². The second-order valence-electron chi connectivity index (χ2n) is 5.02. The molecule has 0 atom stereocenters. The number of nitrogens with zero attached hydrogens (tertiary/aromatic N) is 2. The Hall–Kier alpha value is -0.710. The first kappa shape index (κ1) is 14.7. The van der Waals surface area contributed by atoms with Gasteiger partial charge < -0.3 is 10.3 Å². The van der Waals surface area contributed by atoms with E-state index in [2.05, 4.69) is 15.3 Å². The fraction of sp³-hybridized carbons (Fsp3) is 0.615. The smallest absolute Gasteiger partial charge is 0.161 e. The summed E-state index contributed by atoms with van der Waals surface area (Å²) in [6.45, 7) is 0. The van der Waals surface area contributed by atoms with Gasteiger partial charge in [0.15, 0.2) is 5.82 Å². The van der Waals surface area contributed by atoms with Crippen molar-refractivity contribution in [3.63, 3.8) is 0 Å². The van der Waals surface area contributed by atoms with Crippen LogP contribution in [0.15, 0.2) is 6.07 Å². The molecule has 2 rings (SSSR count). The van der Waals surface area contributed by atoms with E-state index in [1.807, 2.05) is 7.05 Å². The van der Waals surface area contributed by atoms with Gasteiger partial charge in [-0.05, 0) is 18.9 Å². The van der Waals surface area contributed by atoms with Crippen molar-refractivity contribution in [2.24, 2.45) is 5.84 Å². The molecule has 0 bridgehead atoms. The summed E-state index contributed by atoms with van der Waals surface area (Å²) in [5.74, 6) is 6.62. The Morgan fingerprint density at radius 3 is 2.42 bits per heavy atom. The van der Waals surface area contributed by atoms with Crippen molar-refractivity contribution in [1.82, 2.24) is 4.98 Å². The van der Waals surface area contributed by atoms with Gasteiger partial charge in [0.25, 0.3) is 0 Å². The molecule has 0 unspecified atom stereocenters. The summed E-state index contributed by atoms with van der Waals surface area (Å²) < 4.78 is 0. The monoisotopic (exact) mass is 302 g/mol. The average molecular weight is 303 g/mol. The predicted octanol–water partition coefficient (Wildman–Crippen LogP) is 3.83. The van der Waals surface area contributed by atoms with E-state index in [1.165, 1.54) is 38.5 Å². The second-order valence-corrected chi connectivity index (χ2v) is 5.84. The molecule has 106 valence electrons. The number of halogens is 2. The van der Waals surface area contributed by atoms with Gasteiger partial charge in [-0.1, -0.05) is 48.9 Å². The Morgan fingerprint density at radius 1 is 1.21 bits per heavy atom. The molecule has 1 aliphatic rings. The van der Waals surface area contributed by atoms with E-state index in [1.54, 1.807) is 6.07 Å². The average Bonchev–Trinajstić information content (AvgIpc) is 2.67. The van der Waals surface area contributed by atoms with Crippen LogP contribution in [-0.4, -0.2) is 18.1 Å². The largest absolute Gasteiger partial charge is 0.355 e. The number of aromatic nitrogens is 1. The number of nitrogen functional groups attached to an aromatic ring is 1. The van der Waals surface area contributed by atoms with E-state index >= 15 is 0 Å². The summed E-state index contributed by atoms with van der Waals surface area (Å²) in [5.41, 5.74) is 2.50. The van der Waals surface area contributed by atoms with Crippen LogP contribution in [0.5, 0.6) is 0 Å². The van der Waals surface area contributed by atoms with E-state index in [-0.39, 0.29) is 0 Å². The van der Waals surface area contributed by atoms with Gasteiger partial charge in [0, 0.05) is 13.1 Å². The van der Waals surface area contributed by atoms with Crippen LogP contribution in [0.1, 0.15) is 38.5 Å². The van der Waals surface area contributed by atoms with Crippen LogP contribution in [0.4, 0.5) is 11.6 Å². The zero-order valence-corrected chi connectivity index (χ0v) is 12.6. The van der Waals surface area contributed by atoms with E-state index in [9.17, 15) is 0 Å². The molecule has 3 N–H and O–H groups in total. The third-order valence-electron chi connectivity index (χ3n) is 3.75. The molecule has 0 aliphatic heterocycles. The number of hydrazine groups is 1. The summed E-state index contributed by atoms with van der Waals surface area (Å²) in [7, 11) is 2.04. The summed E-state index contributed by atoms with van der Waals surface area (Å²) >= 11 is 12.3. The third kappa shape index (κ3) is 3.44. The van der Waals surface area contributed by atoms with Gasteiger partial charge in [-0.2, -0.15) is 0 Å². The molecule has 1 heterocycles. The van der Waals surface area contributed by atoms with Crippen molar-refractivity contribution < 1.29 is 0 Å². The van der Waals surface area contributed by atoms with Crippen LogP contribution >= 0.6 is 23.2 Å². The van der Waals surface area contributed by atoms with Gasteiger partial charge >= 0.3 is 0 Å². The highest BCUT2D eigenvalue weighted by atomic mass is 35.5. The lowest BCUT2D eigenvalue weighted by Crippen LogP contribution is -2.32. The molecule has 1 aromatic rings.